The molecule has 1 unspecified atom stereocenters. The highest BCUT2D eigenvalue weighted by Crippen LogP contribution is 2.21. The number of hydrogen-bond acceptors (Lipinski definition) is 4. The molecule has 1 N–H and O–H groups in total. The van der Waals surface area contributed by atoms with Crippen LogP contribution < -0.4 is 4.74 Å². The molecule has 1 atom stereocenters. The molecule has 1 heterocycles. The molecule has 1 fully saturated rings. The summed E-state index contributed by atoms with van der Waals surface area (Å²) in [6.45, 7) is 13.8. The van der Waals surface area contributed by atoms with Gasteiger partial charge in [-0.2, -0.15) is 0 Å². The van der Waals surface area contributed by atoms with Crippen molar-refractivity contribution in [3.8, 4) is 5.75 Å². The van der Waals surface area contributed by atoms with Gasteiger partial charge in [-0.25, -0.2) is 0 Å². The summed E-state index contributed by atoms with van der Waals surface area (Å²) in [5.41, 5.74) is 0.981. The molecule has 2 rings (SSSR count). The Morgan fingerprint density at radius 3 is 2.22 bits per heavy atom. The number of nitrogens with zero attached hydrogens (tertiary/aromatic N) is 2. The van der Waals surface area contributed by atoms with Crippen LogP contribution >= 0.6 is 0 Å². The molecule has 0 aliphatic carbocycles. The average molecular weight is 320 g/mol. The number of likely N-dealkylation sites (N-methyl/N-ethyl adjacent to an activating group) is 1. The van der Waals surface area contributed by atoms with E-state index in [1.54, 1.807) is 0 Å². The van der Waals surface area contributed by atoms with Crippen LogP contribution in [0.5, 0.6) is 5.75 Å². The third-order valence-electron chi connectivity index (χ3n) is 4.48. The summed E-state index contributed by atoms with van der Waals surface area (Å²) in [7, 11) is 0. The SMILES string of the molecule is CCN1CCN(CCC(O)c2ccc(OCC(C)C)cc2)CC1. The highest BCUT2D eigenvalue weighted by Gasteiger charge is 2.16. The summed E-state index contributed by atoms with van der Waals surface area (Å²) in [6, 6.07) is 7.88. The number of benzene rings is 1. The van der Waals surface area contributed by atoms with Gasteiger partial charge in [-0.1, -0.05) is 32.9 Å². The maximum absolute atomic E-state index is 10.4. The van der Waals surface area contributed by atoms with Gasteiger partial charge in [0, 0.05) is 32.7 Å². The largest absolute Gasteiger partial charge is 0.493 e. The molecule has 1 aromatic carbocycles. The molecular formula is C19H32N2O2. The molecule has 130 valence electrons. The van der Waals surface area contributed by atoms with Crippen LogP contribution in [0.3, 0.4) is 0 Å². The lowest BCUT2D eigenvalue weighted by atomic mass is 10.1. The molecule has 0 amide bonds. The van der Waals surface area contributed by atoms with Crippen LogP contribution in [-0.2, 0) is 0 Å². The van der Waals surface area contributed by atoms with E-state index in [1.165, 1.54) is 0 Å². The summed E-state index contributed by atoms with van der Waals surface area (Å²) in [6.07, 6.45) is 0.400. The molecule has 0 bridgehead atoms. The van der Waals surface area contributed by atoms with Crippen LogP contribution in [0, 0.1) is 5.92 Å². The van der Waals surface area contributed by atoms with E-state index in [2.05, 4.69) is 30.6 Å². The van der Waals surface area contributed by atoms with E-state index in [1.807, 2.05) is 24.3 Å². The average Bonchev–Trinajstić information content (AvgIpc) is 2.58. The maximum Gasteiger partial charge on any atom is 0.119 e. The normalized spacial score (nSPS) is 18.3. The van der Waals surface area contributed by atoms with E-state index in [9.17, 15) is 5.11 Å². The predicted molar refractivity (Wildman–Crippen MR) is 94.9 cm³/mol. The van der Waals surface area contributed by atoms with Crippen LogP contribution in [0.15, 0.2) is 24.3 Å². The zero-order chi connectivity index (χ0) is 16.7. The smallest absolute Gasteiger partial charge is 0.119 e. The molecule has 1 aliphatic rings. The minimum atomic E-state index is -0.390. The Hall–Kier alpha value is -1.10. The van der Waals surface area contributed by atoms with Crippen LogP contribution in [-0.4, -0.2) is 60.8 Å². The molecule has 1 aromatic rings. The van der Waals surface area contributed by atoms with E-state index >= 15 is 0 Å². The van der Waals surface area contributed by atoms with Crippen LogP contribution in [0.2, 0.25) is 0 Å². The number of hydrogen-bond donors (Lipinski definition) is 1. The number of ether oxygens (including phenoxy) is 1. The zero-order valence-electron chi connectivity index (χ0n) is 14.9. The topological polar surface area (TPSA) is 35.9 Å². The first-order chi connectivity index (χ1) is 11.1. The fourth-order valence-corrected chi connectivity index (χ4v) is 2.85. The molecule has 4 nitrogen and oxygen atoms in total. The standard InChI is InChI=1S/C19H32N2O2/c1-4-20-11-13-21(14-12-20)10-9-19(22)17-5-7-18(8-6-17)23-15-16(2)3/h5-8,16,19,22H,4,9-15H2,1-3H3. The Morgan fingerprint density at radius 2 is 1.65 bits per heavy atom. The van der Waals surface area contributed by atoms with Crippen molar-refractivity contribution in [2.24, 2.45) is 5.92 Å². The van der Waals surface area contributed by atoms with Crippen molar-refractivity contribution in [3.63, 3.8) is 0 Å². The van der Waals surface area contributed by atoms with Crippen molar-refractivity contribution < 1.29 is 9.84 Å². The predicted octanol–water partition coefficient (Wildman–Crippen LogP) is 2.78. The Kier molecular flexibility index (Phi) is 7.34. The van der Waals surface area contributed by atoms with E-state index in [4.69, 9.17) is 4.74 Å². The Bertz CT molecular complexity index is 439. The summed E-state index contributed by atoms with van der Waals surface area (Å²) >= 11 is 0. The van der Waals surface area contributed by atoms with Gasteiger partial charge in [-0.05, 0) is 36.6 Å². The second-order valence-electron chi connectivity index (χ2n) is 6.85. The van der Waals surface area contributed by atoms with Gasteiger partial charge in [0.2, 0.25) is 0 Å². The van der Waals surface area contributed by atoms with E-state index in [0.29, 0.717) is 5.92 Å². The first-order valence-electron chi connectivity index (χ1n) is 8.94. The Morgan fingerprint density at radius 1 is 1.04 bits per heavy atom. The highest BCUT2D eigenvalue weighted by atomic mass is 16.5. The molecule has 23 heavy (non-hydrogen) atoms. The minimum Gasteiger partial charge on any atom is -0.493 e. The van der Waals surface area contributed by atoms with Crippen molar-refractivity contribution in [3.05, 3.63) is 29.8 Å². The van der Waals surface area contributed by atoms with Crippen molar-refractivity contribution in [1.82, 2.24) is 9.80 Å². The first kappa shape index (κ1) is 18.2. The quantitative estimate of drug-likeness (QED) is 0.799. The van der Waals surface area contributed by atoms with Crippen molar-refractivity contribution >= 4 is 0 Å². The third kappa shape index (κ3) is 6.13. The fourth-order valence-electron chi connectivity index (χ4n) is 2.85. The molecule has 0 saturated carbocycles. The second kappa shape index (κ2) is 9.26. The van der Waals surface area contributed by atoms with Gasteiger partial charge in [0.05, 0.1) is 12.7 Å². The lowest BCUT2D eigenvalue weighted by molar-refractivity contribution is 0.105. The van der Waals surface area contributed by atoms with Gasteiger partial charge in [0.1, 0.15) is 5.75 Å². The lowest BCUT2D eigenvalue weighted by Crippen LogP contribution is -2.46. The van der Waals surface area contributed by atoms with Crippen molar-refractivity contribution in [1.29, 1.82) is 0 Å². The van der Waals surface area contributed by atoms with Crippen LogP contribution in [0.25, 0.3) is 0 Å². The summed E-state index contributed by atoms with van der Waals surface area (Å²) in [4.78, 5) is 4.93. The minimum absolute atomic E-state index is 0.390. The third-order valence-corrected chi connectivity index (χ3v) is 4.48. The molecule has 1 saturated heterocycles. The number of rotatable bonds is 8. The fraction of sp³-hybridized carbons (Fsp3) is 0.684. The molecule has 0 aromatic heterocycles. The van der Waals surface area contributed by atoms with E-state index < -0.39 is 6.10 Å². The molecule has 0 radical (unpaired) electrons. The molecule has 4 heteroatoms. The maximum atomic E-state index is 10.4. The molecular weight excluding hydrogens is 288 g/mol. The lowest BCUT2D eigenvalue weighted by Gasteiger charge is -2.34. The van der Waals surface area contributed by atoms with Gasteiger partial charge >= 0.3 is 0 Å². The van der Waals surface area contributed by atoms with Gasteiger partial charge < -0.3 is 19.6 Å². The van der Waals surface area contributed by atoms with Gasteiger partial charge in [0.15, 0.2) is 0 Å². The van der Waals surface area contributed by atoms with Crippen LogP contribution in [0.1, 0.15) is 38.9 Å². The first-order valence-corrected chi connectivity index (χ1v) is 8.94. The summed E-state index contributed by atoms with van der Waals surface area (Å²) in [5, 5.41) is 10.4. The van der Waals surface area contributed by atoms with Gasteiger partial charge in [0.25, 0.3) is 0 Å². The number of piperazine rings is 1. The van der Waals surface area contributed by atoms with E-state index in [0.717, 1.165) is 63.6 Å². The Labute approximate surface area is 141 Å². The second-order valence-corrected chi connectivity index (χ2v) is 6.85. The number of aliphatic hydroxyl groups excluding tert-OH is 1. The molecule has 1 aliphatic heterocycles. The summed E-state index contributed by atoms with van der Waals surface area (Å²) in [5.74, 6) is 1.40. The van der Waals surface area contributed by atoms with Gasteiger partial charge in [-0.15, -0.1) is 0 Å². The zero-order valence-corrected chi connectivity index (χ0v) is 14.9. The summed E-state index contributed by atoms with van der Waals surface area (Å²) < 4.78 is 5.68. The number of aliphatic hydroxyl groups is 1. The van der Waals surface area contributed by atoms with E-state index in [-0.39, 0.29) is 0 Å². The monoisotopic (exact) mass is 320 g/mol. The van der Waals surface area contributed by atoms with Crippen molar-refractivity contribution in [2.75, 3.05) is 45.9 Å². The van der Waals surface area contributed by atoms with Gasteiger partial charge in [-0.3, -0.25) is 0 Å². The van der Waals surface area contributed by atoms with Crippen molar-refractivity contribution in [2.45, 2.75) is 33.3 Å². The van der Waals surface area contributed by atoms with Crippen LogP contribution in [0.4, 0.5) is 0 Å². The Balaban J connectivity index is 1.74. The molecule has 0 spiro atoms. The highest BCUT2D eigenvalue weighted by molar-refractivity contribution is 5.28.